The summed E-state index contributed by atoms with van der Waals surface area (Å²) in [6.45, 7) is 0. The molecule has 0 atom stereocenters. The van der Waals surface area contributed by atoms with Gasteiger partial charge in [0.15, 0.2) is 0 Å². The molecular weight excluding hydrogens is 227 g/mol. The molecule has 2 aromatic rings. The van der Waals surface area contributed by atoms with Crippen LogP contribution in [0.3, 0.4) is 0 Å². The fourth-order valence-corrected chi connectivity index (χ4v) is 1.64. The van der Waals surface area contributed by atoms with E-state index >= 15 is 0 Å². The van der Waals surface area contributed by atoms with Crippen LogP contribution < -0.4 is 5.73 Å². The van der Waals surface area contributed by atoms with Gasteiger partial charge in [0.25, 0.3) is 0 Å². The van der Waals surface area contributed by atoms with Gasteiger partial charge >= 0.3 is 6.18 Å². The summed E-state index contributed by atoms with van der Waals surface area (Å²) in [4.78, 5) is 0. The fourth-order valence-electron chi connectivity index (χ4n) is 1.64. The van der Waals surface area contributed by atoms with Crippen LogP contribution in [-0.2, 0) is 6.18 Å². The minimum Gasteiger partial charge on any atom is -0.399 e. The first kappa shape index (κ1) is 11.5. The first-order chi connectivity index (χ1) is 7.98. The maximum absolute atomic E-state index is 12.8. The third-order valence-corrected chi connectivity index (χ3v) is 2.45. The van der Waals surface area contributed by atoms with E-state index in [1.165, 1.54) is 12.1 Å². The van der Waals surface area contributed by atoms with Gasteiger partial charge in [-0.15, -0.1) is 0 Å². The smallest absolute Gasteiger partial charge is 0.399 e. The molecule has 0 aliphatic rings. The van der Waals surface area contributed by atoms with Crippen LogP contribution in [0.5, 0.6) is 0 Å². The molecule has 0 amide bonds. The molecule has 17 heavy (non-hydrogen) atoms. The topological polar surface area (TPSA) is 26.0 Å². The van der Waals surface area contributed by atoms with E-state index in [9.17, 15) is 13.2 Å². The molecule has 2 aromatic carbocycles. The Balaban J connectivity index is 2.56. The highest BCUT2D eigenvalue weighted by molar-refractivity contribution is 5.69. The highest BCUT2D eigenvalue weighted by Gasteiger charge is 2.33. The lowest BCUT2D eigenvalue weighted by Crippen LogP contribution is -2.06. The zero-order chi connectivity index (χ0) is 12.5. The van der Waals surface area contributed by atoms with Crippen molar-refractivity contribution in [1.82, 2.24) is 0 Å². The second kappa shape index (κ2) is 4.13. The molecule has 88 valence electrons. The number of alkyl halides is 3. The van der Waals surface area contributed by atoms with Gasteiger partial charge in [-0.1, -0.05) is 30.3 Å². The van der Waals surface area contributed by atoms with Crippen molar-refractivity contribution >= 4 is 5.69 Å². The van der Waals surface area contributed by atoms with E-state index in [1.54, 1.807) is 30.3 Å². The molecule has 1 nitrogen and oxygen atoms in total. The van der Waals surface area contributed by atoms with Crippen LogP contribution in [0.1, 0.15) is 5.56 Å². The summed E-state index contributed by atoms with van der Waals surface area (Å²) < 4.78 is 38.4. The Hall–Kier alpha value is -1.97. The second-order valence-electron chi connectivity index (χ2n) is 3.67. The molecule has 0 radical (unpaired) electrons. The Bertz CT molecular complexity index is 515. The number of hydrogen-bond donors (Lipinski definition) is 1. The lowest BCUT2D eigenvalue weighted by Gasteiger charge is -2.12. The quantitative estimate of drug-likeness (QED) is 0.746. The van der Waals surface area contributed by atoms with E-state index in [1.807, 2.05) is 0 Å². The summed E-state index contributed by atoms with van der Waals surface area (Å²) in [5.41, 5.74) is 6.07. The Morgan fingerprint density at radius 1 is 0.824 bits per heavy atom. The first-order valence-corrected chi connectivity index (χ1v) is 5.00. The van der Waals surface area contributed by atoms with Crippen molar-refractivity contribution in [1.29, 1.82) is 0 Å². The summed E-state index contributed by atoms with van der Waals surface area (Å²) in [6.07, 6.45) is -4.35. The Labute approximate surface area is 96.7 Å². The Morgan fingerprint density at radius 3 is 2.00 bits per heavy atom. The normalized spacial score (nSPS) is 11.5. The van der Waals surface area contributed by atoms with Gasteiger partial charge in [-0.05, 0) is 29.3 Å². The van der Waals surface area contributed by atoms with Gasteiger partial charge in [0.1, 0.15) is 0 Å². The summed E-state index contributed by atoms with van der Waals surface area (Å²) in [5, 5.41) is 0. The summed E-state index contributed by atoms with van der Waals surface area (Å²) >= 11 is 0. The van der Waals surface area contributed by atoms with Crippen molar-refractivity contribution < 1.29 is 13.2 Å². The van der Waals surface area contributed by atoms with Crippen LogP contribution in [0.25, 0.3) is 11.1 Å². The molecule has 0 fully saturated rings. The molecule has 0 heterocycles. The average molecular weight is 237 g/mol. The predicted octanol–water partition coefficient (Wildman–Crippen LogP) is 3.95. The van der Waals surface area contributed by atoms with Crippen molar-refractivity contribution in [2.24, 2.45) is 0 Å². The largest absolute Gasteiger partial charge is 0.417 e. The molecular formula is C13H10F3N. The third-order valence-electron chi connectivity index (χ3n) is 2.45. The number of nitrogens with two attached hydrogens (primary N) is 1. The summed E-state index contributed by atoms with van der Waals surface area (Å²) in [6, 6.07) is 11.8. The van der Waals surface area contributed by atoms with Gasteiger partial charge < -0.3 is 5.73 Å². The van der Waals surface area contributed by atoms with E-state index in [4.69, 9.17) is 5.73 Å². The summed E-state index contributed by atoms with van der Waals surface area (Å²) in [7, 11) is 0. The van der Waals surface area contributed by atoms with Crippen molar-refractivity contribution in [3.05, 3.63) is 54.1 Å². The monoisotopic (exact) mass is 237 g/mol. The maximum Gasteiger partial charge on any atom is 0.417 e. The van der Waals surface area contributed by atoms with Crippen molar-refractivity contribution in [2.75, 3.05) is 5.73 Å². The predicted molar refractivity (Wildman–Crippen MR) is 61.3 cm³/mol. The van der Waals surface area contributed by atoms with Crippen LogP contribution in [0, 0.1) is 0 Å². The van der Waals surface area contributed by atoms with Crippen LogP contribution >= 0.6 is 0 Å². The molecule has 0 aromatic heterocycles. The van der Waals surface area contributed by atoms with Crippen molar-refractivity contribution in [3.8, 4) is 11.1 Å². The lowest BCUT2D eigenvalue weighted by atomic mass is 9.99. The van der Waals surface area contributed by atoms with Crippen molar-refractivity contribution in [3.63, 3.8) is 0 Å². The zero-order valence-corrected chi connectivity index (χ0v) is 8.83. The third kappa shape index (κ3) is 2.41. The molecule has 0 aliphatic heterocycles. The van der Waals surface area contributed by atoms with E-state index in [0.29, 0.717) is 11.3 Å². The number of nitrogen functional groups attached to an aromatic ring is 1. The minimum absolute atomic E-state index is 0.167. The molecule has 0 spiro atoms. The first-order valence-electron chi connectivity index (χ1n) is 5.00. The average Bonchev–Trinajstić information content (AvgIpc) is 2.29. The van der Waals surface area contributed by atoms with Gasteiger partial charge in [0.05, 0.1) is 5.56 Å². The van der Waals surface area contributed by atoms with E-state index in [0.717, 1.165) is 6.07 Å². The highest BCUT2D eigenvalue weighted by atomic mass is 19.4. The minimum atomic E-state index is -4.35. The molecule has 0 saturated heterocycles. The van der Waals surface area contributed by atoms with Crippen LogP contribution in [0.15, 0.2) is 48.5 Å². The number of benzene rings is 2. The summed E-state index contributed by atoms with van der Waals surface area (Å²) in [5.74, 6) is 0. The van der Waals surface area contributed by atoms with Gasteiger partial charge in [-0.3, -0.25) is 0 Å². The van der Waals surface area contributed by atoms with Crippen LogP contribution in [-0.4, -0.2) is 0 Å². The molecule has 0 unspecified atom stereocenters. The standard InChI is InChI=1S/C13H10F3N/c14-13(15,16)12-4-2-1-3-11(12)9-5-7-10(17)8-6-9/h1-8H,17H2. The Kier molecular flexibility index (Phi) is 2.79. The maximum atomic E-state index is 12.8. The molecule has 0 aliphatic carbocycles. The lowest BCUT2D eigenvalue weighted by molar-refractivity contribution is -0.137. The van der Waals surface area contributed by atoms with E-state index < -0.39 is 11.7 Å². The second-order valence-corrected chi connectivity index (χ2v) is 3.67. The van der Waals surface area contributed by atoms with E-state index in [2.05, 4.69) is 0 Å². The van der Waals surface area contributed by atoms with Gasteiger partial charge in [-0.25, -0.2) is 0 Å². The number of rotatable bonds is 1. The molecule has 0 bridgehead atoms. The van der Waals surface area contributed by atoms with Crippen LogP contribution in [0.2, 0.25) is 0 Å². The molecule has 0 saturated carbocycles. The molecule has 4 heteroatoms. The fraction of sp³-hybridized carbons (Fsp3) is 0.0769. The number of anilines is 1. The SMILES string of the molecule is Nc1ccc(-c2ccccc2C(F)(F)F)cc1. The van der Waals surface area contributed by atoms with Gasteiger partial charge in [-0.2, -0.15) is 13.2 Å². The van der Waals surface area contributed by atoms with E-state index in [-0.39, 0.29) is 5.56 Å². The van der Waals surface area contributed by atoms with Gasteiger partial charge in [0, 0.05) is 5.69 Å². The molecule has 2 rings (SSSR count). The molecule has 2 N–H and O–H groups in total. The zero-order valence-electron chi connectivity index (χ0n) is 8.83. The van der Waals surface area contributed by atoms with Crippen molar-refractivity contribution in [2.45, 2.75) is 6.18 Å². The Morgan fingerprint density at radius 2 is 1.41 bits per heavy atom. The highest BCUT2D eigenvalue weighted by Crippen LogP contribution is 2.36. The van der Waals surface area contributed by atoms with Crippen LogP contribution in [0.4, 0.5) is 18.9 Å². The number of halogens is 3. The van der Waals surface area contributed by atoms with Gasteiger partial charge in [0.2, 0.25) is 0 Å². The number of hydrogen-bond acceptors (Lipinski definition) is 1.